The largest absolute Gasteiger partial charge is 0.496 e. The van der Waals surface area contributed by atoms with Crippen LogP contribution >= 0.6 is 11.8 Å². The van der Waals surface area contributed by atoms with Gasteiger partial charge in [0.1, 0.15) is 5.75 Å². The lowest BCUT2D eigenvalue weighted by Gasteiger charge is -2.30. The Morgan fingerprint density at radius 2 is 2.00 bits per heavy atom. The van der Waals surface area contributed by atoms with Crippen LogP contribution < -0.4 is 4.74 Å². The first-order chi connectivity index (χ1) is 18.8. The lowest BCUT2D eigenvalue weighted by molar-refractivity contribution is 0.0600. The van der Waals surface area contributed by atoms with Crippen molar-refractivity contribution in [3.05, 3.63) is 47.5 Å². The number of hydrogen-bond donors (Lipinski definition) is 0. The van der Waals surface area contributed by atoms with Gasteiger partial charge in [-0.3, -0.25) is 0 Å². The molecule has 4 rings (SSSR count). The Morgan fingerprint density at radius 1 is 1.18 bits per heavy atom. The SMILES string of the molecule is CCOCCCn1c(SCc2ccc(C(=O)OC)cc2OC)nc2cc(S(=O)(=O)N3CCC[C@H](C)C3)ccc21. The van der Waals surface area contributed by atoms with Crippen LogP contribution in [0.15, 0.2) is 46.5 Å². The number of ether oxygens (including phenoxy) is 3. The Balaban J connectivity index is 1.63. The van der Waals surface area contributed by atoms with E-state index >= 15 is 0 Å². The standard InChI is InChI=1S/C28H37N3O6S2/c1-5-37-15-7-14-31-25-12-11-23(39(33,34)30-13-6-8-20(2)18-30)17-24(25)29-28(31)38-19-22-10-9-21(27(32)36-4)16-26(22)35-3/h9-12,16-17,20H,5-8,13-15,18-19H2,1-4H3/t20-/m0/s1. The molecule has 0 spiro atoms. The van der Waals surface area contributed by atoms with Crippen LogP contribution in [0.2, 0.25) is 0 Å². The van der Waals surface area contributed by atoms with Crippen molar-refractivity contribution in [2.75, 3.05) is 40.5 Å². The molecule has 1 aliphatic heterocycles. The number of aryl methyl sites for hydroxylation is 1. The van der Waals surface area contributed by atoms with E-state index in [-0.39, 0.29) is 4.90 Å². The minimum atomic E-state index is -3.59. The fourth-order valence-electron chi connectivity index (χ4n) is 4.81. The van der Waals surface area contributed by atoms with Gasteiger partial charge in [-0.1, -0.05) is 24.8 Å². The molecule has 0 saturated carbocycles. The molecule has 1 fully saturated rings. The summed E-state index contributed by atoms with van der Waals surface area (Å²) in [7, 11) is -0.675. The third kappa shape index (κ3) is 6.77. The predicted molar refractivity (Wildman–Crippen MR) is 152 cm³/mol. The van der Waals surface area contributed by atoms with Gasteiger partial charge in [0.05, 0.1) is 35.7 Å². The average Bonchev–Trinajstić information content (AvgIpc) is 3.30. The summed E-state index contributed by atoms with van der Waals surface area (Å²) in [6.07, 6.45) is 2.73. The smallest absolute Gasteiger partial charge is 0.337 e. The van der Waals surface area contributed by atoms with E-state index in [0.717, 1.165) is 35.5 Å². The molecule has 212 valence electrons. The second-order valence-electron chi connectivity index (χ2n) is 9.66. The lowest BCUT2D eigenvalue weighted by atomic mass is 10.0. The monoisotopic (exact) mass is 575 g/mol. The van der Waals surface area contributed by atoms with Crippen LogP contribution in [-0.4, -0.2) is 68.8 Å². The Kier molecular flexibility index (Phi) is 9.92. The van der Waals surface area contributed by atoms with Gasteiger partial charge in [-0.05, 0) is 62.4 Å². The van der Waals surface area contributed by atoms with Gasteiger partial charge in [0.15, 0.2) is 5.16 Å². The molecular weight excluding hydrogens is 538 g/mol. The van der Waals surface area contributed by atoms with Gasteiger partial charge in [-0.2, -0.15) is 4.31 Å². The predicted octanol–water partition coefficient (Wildman–Crippen LogP) is 4.97. The maximum absolute atomic E-state index is 13.4. The van der Waals surface area contributed by atoms with Crippen LogP contribution in [0.3, 0.4) is 0 Å². The molecule has 0 bridgehead atoms. The minimum absolute atomic E-state index is 0.277. The maximum Gasteiger partial charge on any atom is 0.337 e. The Bertz CT molecular complexity index is 1410. The first kappa shape index (κ1) is 29.4. The normalized spacial score (nSPS) is 16.5. The molecule has 1 saturated heterocycles. The van der Waals surface area contributed by atoms with Crippen molar-refractivity contribution >= 4 is 38.8 Å². The fraction of sp³-hybridized carbons (Fsp3) is 0.500. The Labute approximate surface area is 234 Å². The number of hydrogen-bond acceptors (Lipinski definition) is 8. The molecule has 0 aliphatic carbocycles. The quantitative estimate of drug-likeness (QED) is 0.170. The van der Waals surface area contributed by atoms with Crippen LogP contribution in [0.4, 0.5) is 0 Å². The number of piperidine rings is 1. The third-order valence-corrected chi connectivity index (χ3v) is 9.77. The number of esters is 1. The van der Waals surface area contributed by atoms with Gasteiger partial charge in [0.2, 0.25) is 10.0 Å². The summed E-state index contributed by atoms with van der Waals surface area (Å²) in [5, 5.41) is 0.779. The van der Waals surface area contributed by atoms with Crippen molar-refractivity contribution in [3.8, 4) is 5.75 Å². The molecule has 0 N–H and O–H groups in total. The van der Waals surface area contributed by atoms with Gasteiger partial charge >= 0.3 is 5.97 Å². The van der Waals surface area contributed by atoms with Crippen LogP contribution in [0.1, 0.15) is 49.0 Å². The number of fused-ring (bicyclic) bond motifs is 1. The van der Waals surface area contributed by atoms with Gasteiger partial charge in [0.25, 0.3) is 0 Å². The highest BCUT2D eigenvalue weighted by Crippen LogP contribution is 2.33. The van der Waals surface area contributed by atoms with Crippen molar-refractivity contribution in [3.63, 3.8) is 0 Å². The summed E-state index contributed by atoms with van der Waals surface area (Å²) >= 11 is 1.54. The van der Waals surface area contributed by atoms with Crippen molar-refractivity contribution in [2.24, 2.45) is 5.92 Å². The van der Waals surface area contributed by atoms with E-state index in [1.807, 2.05) is 19.1 Å². The molecule has 3 aromatic rings. The van der Waals surface area contributed by atoms with E-state index in [1.165, 1.54) is 18.9 Å². The molecular formula is C28H37N3O6S2. The second-order valence-corrected chi connectivity index (χ2v) is 12.5. The highest BCUT2D eigenvalue weighted by atomic mass is 32.2. The van der Waals surface area contributed by atoms with Crippen molar-refractivity contribution in [1.29, 1.82) is 0 Å². The third-order valence-electron chi connectivity index (χ3n) is 6.88. The molecule has 1 aliphatic rings. The highest BCUT2D eigenvalue weighted by molar-refractivity contribution is 7.98. The van der Waals surface area contributed by atoms with Crippen molar-refractivity contribution < 1.29 is 27.4 Å². The summed E-state index contributed by atoms with van der Waals surface area (Å²) in [5.74, 6) is 1.07. The number of thioether (sulfide) groups is 1. The number of nitrogens with zero attached hydrogens (tertiary/aromatic N) is 3. The molecule has 1 atom stereocenters. The minimum Gasteiger partial charge on any atom is -0.496 e. The number of carbonyl (C=O) groups excluding carboxylic acids is 1. The number of sulfonamides is 1. The number of imidazole rings is 1. The van der Waals surface area contributed by atoms with Crippen LogP contribution in [-0.2, 0) is 31.8 Å². The number of aromatic nitrogens is 2. The zero-order valence-corrected chi connectivity index (χ0v) is 24.6. The number of methoxy groups -OCH3 is 2. The Hall–Kier alpha value is -2.60. The fourth-order valence-corrected chi connectivity index (χ4v) is 7.46. The van der Waals surface area contributed by atoms with E-state index < -0.39 is 16.0 Å². The van der Waals surface area contributed by atoms with Crippen molar-refractivity contribution in [1.82, 2.24) is 13.9 Å². The molecule has 9 nitrogen and oxygen atoms in total. The highest BCUT2D eigenvalue weighted by Gasteiger charge is 2.29. The molecule has 0 unspecified atom stereocenters. The lowest BCUT2D eigenvalue weighted by Crippen LogP contribution is -2.39. The van der Waals surface area contributed by atoms with Crippen LogP contribution in [0.5, 0.6) is 5.75 Å². The van der Waals surface area contributed by atoms with Crippen LogP contribution in [0.25, 0.3) is 11.0 Å². The first-order valence-electron chi connectivity index (χ1n) is 13.2. The van der Waals surface area contributed by atoms with Gasteiger partial charge in [-0.15, -0.1) is 0 Å². The van der Waals surface area contributed by atoms with E-state index in [1.54, 1.807) is 35.7 Å². The van der Waals surface area contributed by atoms with Crippen molar-refractivity contribution in [2.45, 2.75) is 55.5 Å². The van der Waals surface area contributed by atoms with Gasteiger partial charge in [-0.25, -0.2) is 18.2 Å². The average molecular weight is 576 g/mol. The van der Waals surface area contributed by atoms with E-state index in [2.05, 4.69) is 11.5 Å². The molecule has 1 aromatic heterocycles. The number of benzene rings is 2. The summed E-state index contributed by atoms with van der Waals surface area (Å²) in [6.45, 7) is 7.13. The maximum atomic E-state index is 13.4. The van der Waals surface area contributed by atoms with Gasteiger partial charge < -0.3 is 18.8 Å². The second kappa shape index (κ2) is 13.2. The van der Waals surface area contributed by atoms with Gasteiger partial charge in [0, 0.05) is 44.2 Å². The summed E-state index contributed by atoms with van der Waals surface area (Å²) < 4.78 is 46.4. The summed E-state index contributed by atoms with van der Waals surface area (Å²) in [4.78, 5) is 17.1. The summed E-state index contributed by atoms with van der Waals surface area (Å²) in [5.41, 5.74) is 2.86. The van der Waals surface area contributed by atoms with E-state index in [0.29, 0.717) is 61.3 Å². The Morgan fingerprint density at radius 3 is 2.72 bits per heavy atom. The summed E-state index contributed by atoms with van der Waals surface area (Å²) in [6, 6.07) is 10.5. The zero-order chi connectivity index (χ0) is 28.0. The number of carbonyl (C=O) groups is 1. The topological polar surface area (TPSA) is 100.0 Å². The number of rotatable bonds is 12. The molecule has 0 amide bonds. The van der Waals surface area contributed by atoms with E-state index in [9.17, 15) is 13.2 Å². The van der Waals surface area contributed by atoms with E-state index in [4.69, 9.17) is 19.2 Å². The first-order valence-corrected chi connectivity index (χ1v) is 15.7. The molecule has 39 heavy (non-hydrogen) atoms. The molecule has 0 radical (unpaired) electrons. The molecule has 11 heteroatoms. The molecule has 2 heterocycles. The zero-order valence-electron chi connectivity index (χ0n) is 23.0. The van der Waals surface area contributed by atoms with Crippen LogP contribution in [0, 0.1) is 5.92 Å². The molecule has 2 aromatic carbocycles.